The highest BCUT2D eigenvalue weighted by atomic mass is 14.0. The molecule has 0 atom stereocenters. The van der Waals surface area contributed by atoms with Gasteiger partial charge in [-0.3, -0.25) is 0 Å². The Bertz CT molecular complexity index is 157. The molecule has 0 nitrogen and oxygen atoms in total. The third kappa shape index (κ3) is 15.7. The van der Waals surface area contributed by atoms with Crippen molar-refractivity contribution in [3.8, 4) is 0 Å². The van der Waals surface area contributed by atoms with Crippen molar-refractivity contribution in [2.45, 2.75) is 96.8 Å². The minimum Gasteiger partial charge on any atom is -0.0885 e. The van der Waals surface area contributed by atoms with E-state index in [9.17, 15) is 0 Å². The van der Waals surface area contributed by atoms with Gasteiger partial charge in [-0.2, -0.15) is 0 Å². The molecule has 0 aliphatic heterocycles. The van der Waals surface area contributed by atoms with E-state index in [1.807, 2.05) is 0 Å². The lowest BCUT2D eigenvalue weighted by molar-refractivity contribution is 0.577. The molecule has 0 aliphatic rings. The number of hydrogen-bond donors (Lipinski definition) is 0. The lowest BCUT2D eigenvalue weighted by Gasteiger charge is -1.99. The van der Waals surface area contributed by atoms with E-state index in [1.165, 1.54) is 83.5 Å². The van der Waals surface area contributed by atoms with Crippen LogP contribution in [-0.4, -0.2) is 0 Å². The molecule has 0 rings (SSSR count). The summed E-state index contributed by atoms with van der Waals surface area (Å²) in [6.07, 6.45) is 23.9. The molecule has 0 aromatic heterocycles. The van der Waals surface area contributed by atoms with Gasteiger partial charge >= 0.3 is 0 Å². The standard InChI is InChI=1S/C18H35/c1-3-5-7-9-11-13-15-17-18-16-14-12-10-8-6-4-2/h13,15H,1,3-12,14,16-18H2,2H3. The van der Waals surface area contributed by atoms with Crippen molar-refractivity contribution >= 4 is 0 Å². The van der Waals surface area contributed by atoms with Gasteiger partial charge in [0, 0.05) is 0 Å². The quantitative estimate of drug-likeness (QED) is 0.234. The average molecular weight is 251 g/mol. The Balaban J connectivity index is 2.99. The Labute approximate surface area is 116 Å². The fraction of sp³-hybridized carbons (Fsp3) is 0.833. The molecule has 0 spiro atoms. The van der Waals surface area contributed by atoms with Crippen LogP contribution in [0.25, 0.3) is 0 Å². The van der Waals surface area contributed by atoms with Crippen molar-refractivity contribution in [2.24, 2.45) is 0 Å². The van der Waals surface area contributed by atoms with Gasteiger partial charge in [0.2, 0.25) is 0 Å². The van der Waals surface area contributed by atoms with Crippen LogP contribution in [0.1, 0.15) is 96.8 Å². The van der Waals surface area contributed by atoms with E-state index < -0.39 is 0 Å². The van der Waals surface area contributed by atoms with Crippen LogP contribution >= 0.6 is 0 Å². The first kappa shape index (κ1) is 17.7. The van der Waals surface area contributed by atoms with Crippen molar-refractivity contribution in [1.82, 2.24) is 0 Å². The molecule has 0 saturated heterocycles. The van der Waals surface area contributed by atoms with Crippen molar-refractivity contribution in [3.05, 3.63) is 19.1 Å². The highest BCUT2D eigenvalue weighted by Crippen LogP contribution is 2.10. The monoisotopic (exact) mass is 251 g/mol. The van der Waals surface area contributed by atoms with Crippen LogP contribution < -0.4 is 0 Å². The van der Waals surface area contributed by atoms with Crippen LogP contribution in [0.4, 0.5) is 0 Å². The van der Waals surface area contributed by atoms with E-state index in [2.05, 4.69) is 26.0 Å². The number of rotatable bonds is 14. The van der Waals surface area contributed by atoms with Crippen LogP contribution in [0.3, 0.4) is 0 Å². The highest BCUT2D eigenvalue weighted by Gasteiger charge is 1.90. The maximum atomic E-state index is 3.87. The minimum atomic E-state index is 1.10. The fourth-order valence-corrected chi connectivity index (χ4v) is 2.25. The molecule has 0 bridgehead atoms. The second-order valence-electron chi connectivity index (χ2n) is 5.44. The van der Waals surface area contributed by atoms with Crippen molar-refractivity contribution in [3.63, 3.8) is 0 Å². The Morgan fingerprint density at radius 1 is 0.611 bits per heavy atom. The summed E-state index contributed by atoms with van der Waals surface area (Å²) >= 11 is 0. The smallest absolute Gasteiger partial charge is 0.0351 e. The van der Waals surface area contributed by atoms with E-state index in [4.69, 9.17) is 0 Å². The molecule has 0 unspecified atom stereocenters. The van der Waals surface area contributed by atoms with Crippen LogP contribution in [0.2, 0.25) is 0 Å². The SMILES string of the molecule is [CH2]CCCCCC=CCCCCCCCCCC. The molecular formula is C18H35. The Hall–Kier alpha value is -0.260. The first-order valence-corrected chi connectivity index (χ1v) is 8.36. The summed E-state index contributed by atoms with van der Waals surface area (Å²) in [6, 6.07) is 0. The van der Waals surface area contributed by atoms with E-state index in [1.54, 1.807) is 0 Å². The van der Waals surface area contributed by atoms with Gasteiger partial charge in [-0.05, 0) is 25.7 Å². The van der Waals surface area contributed by atoms with Gasteiger partial charge in [0.25, 0.3) is 0 Å². The third-order valence-corrected chi connectivity index (χ3v) is 3.51. The lowest BCUT2D eigenvalue weighted by Crippen LogP contribution is -1.80. The second kappa shape index (κ2) is 16.7. The molecule has 0 amide bonds. The largest absolute Gasteiger partial charge is 0.0885 e. The number of allylic oxidation sites excluding steroid dienone is 2. The van der Waals surface area contributed by atoms with Crippen molar-refractivity contribution in [1.29, 1.82) is 0 Å². The predicted octanol–water partition coefficient (Wildman–Crippen LogP) is 6.86. The van der Waals surface area contributed by atoms with E-state index in [0.717, 1.165) is 6.42 Å². The molecule has 0 aromatic rings. The fourth-order valence-electron chi connectivity index (χ4n) is 2.25. The normalized spacial score (nSPS) is 11.4. The van der Waals surface area contributed by atoms with Gasteiger partial charge in [0.1, 0.15) is 0 Å². The maximum absolute atomic E-state index is 3.87. The number of unbranched alkanes of at least 4 members (excludes halogenated alkanes) is 12. The number of hydrogen-bond acceptors (Lipinski definition) is 0. The topological polar surface area (TPSA) is 0 Å². The molecule has 0 heteroatoms. The van der Waals surface area contributed by atoms with Gasteiger partial charge in [0.15, 0.2) is 0 Å². The molecule has 0 saturated carbocycles. The third-order valence-electron chi connectivity index (χ3n) is 3.51. The van der Waals surface area contributed by atoms with Gasteiger partial charge in [0.05, 0.1) is 0 Å². The van der Waals surface area contributed by atoms with Crippen LogP contribution in [0, 0.1) is 6.92 Å². The van der Waals surface area contributed by atoms with Gasteiger partial charge < -0.3 is 0 Å². The van der Waals surface area contributed by atoms with E-state index in [-0.39, 0.29) is 0 Å². The zero-order valence-electron chi connectivity index (χ0n) is 12.8. The first-order chi connectivity index (χ1) is 8.91. The van der Waals surface area contributed by atoms with Gasteiger partial charge in [-0.15, -0.1) is 0 Å². The summed E-state index contributed by atoms with van der Waals surface area (Å²) in [5, 5.41) is 0. The van der Waals surface area contributed by atoms with Gasteiger partial charge in [-0.25, -0.2) is 0 Å². The molecule has 0 heterocycles. The molecular weight excluding hydrogens is 216 g/mol. The summed E-state index contributed by atoms with van der Waals surface area (Å²) in [6.45, 7) is 6.15. The van der Waals surface area contributed by atoms with Crippen LogP contribution in [0.5, 0.6) is 0 Å². The first-order valence-electron chi connectivity index (χ1n) is 8.36. The minimum absolute atomic E-state index is 1.10. The summed E-state index contributed by atoms with van der Waals surface area (Å²) in [4.78, 5) is 0. The molecule has 107 valence electrons. The van der Waals surface area contributed by atoms with E-state index >= 15 is 0 Å². The van der Waals surface area contributed by atoms with Gasteiger partial charge in [-0.1, -0.05) is 90.2 Å². The molecule has 1 radical (unpaired) electrons. The van der Waals surface area contributed by atoms with Crippen molar-refractivity contribution < 1.29 is 0 Å². The second-order valence-corrected chi connectivity index (χ2v) is 5.44. The highest BCUT2D eigenvalue weighted by molar-refractivity contribution is 4.81. The molecule has 0 N–H and O–H groups in total. The summed E-state index contributed by atoms with van der Waals surface area (Å²) in [7, 11) is 0. The van der Waals surface area contributed by atoms with Crippen LogP contribution in [0.15, 0.2) is 12.2 Å². The Morgan fingerprint density at radius 3 is 1.56 bits per heavy atom. The average Bonchev–Trinajstić information content (AvgIpc) is 2.39. The molecule has 0 aromatic carbocycles. The molecule has 0 fully saturated rings. The maximum Gasteiger partial charge on any atom is -0.0351 e. The Morgan fingerprint density at radius 2 is 1.06 bits per heavy atom. The zero-order chi connectivity index (χ0) is 13.3. The predicted molar refractivity (Wildman–Crippen MR) is 84.8 cm³/mol. The van der Waals surface area contributed by atoms with Crippen LogP contribution in [-0.2, 0) is 0 Å². The van der Waals surface area contributed by atoms with E-state index in [0.29, 0.717) is 0 Å². The molecule has 18 heavy (non-hydrogen) atoms. The zero-order valence-corrected chi connectivity index (χ0v) is 12.8. The lowest BCUT2D eigenvalue weighted by atomic mass is 10.1. The summed E-state index contributed by atoms with van der Waals surface area (Å²) < 4.78 is 0. The summed E-state index contributed by atoms with van der Waals surface area (Å²) in [5.74, 6) is 0. The van der Waals surface area contributed by atoms with Crippen molar-refractivity contribution in [2.75, 3.05) is 0 Å². The Kier molecular flexibility index (Phi) is 16.5. The molecule has 0 aliphatic carbocycles. The summed E-state index contributed by atoms with van der Waals surface area (Å²) in [5.41, 5.74) is 0.